The monoisotopic (exact) mass is 485 g/mol. The first kappa shape index (κ1) is 25.7. The second-order valence-corrected chi connectivity index (χ2v) is 9.91. The van der Waals surface area contributed by atoms with Gasteiger partial charge in [-0.25, -0.2) is 9.78 Å². The first-order valence-electron chi connectivity index (χ1n) is 11.4. The molecule has 3 aromatic rings. The van der Waals surface area contributed by atoms with E-state index in [4.69, 9.17) is 20.8 Å². The Labute approximate surface area is 204 Å². The molecule has 2 N–H and O–H groups in total. The normalized spacial score (nSPS) is 12.7. The van der Waals surface area contributed by atoms with Gasteiger partial charge in [-0.15, -0.1) is 0 Å². The van der Waals surface area contributed by atoms with Gasteiger partial charge in [0.15, 0.2) is 5.43 Å². The fraction of sp³-hybridized carbons (Fsp3) is 0.423. The van der Waals surface area contributed by atoms with Crippen LogP contribution in [0.3, 0.4) is 0 Å². The third-order valence-corrected chi connectivity index (χ3v) is 5.39. The van der Waals surface area contributed by atoms with E-state index in [0.29, 0.717) is 36.2 Å². The molecule has 0 radical (unpaired) electrons. The van der Waals surface area contributed by atoms with Crippen molar-refractivity contribution in [2.24, 2.45) is 5.92 Å². The predicted octanol–water partition coefficient (Wildman–Crippen LogP) is 5.24. The zero-order valence-corrected chi connectivity index (χ0v) is 21.0. The summed E-state index contributed by atoms with van der Waals surface area (Å²) in [6, 6.07) is 12.8. The van der Waals surface area contributed by atoms with Gasteiger partial charge in [0.25, 0.3) is 0 Å². The second-order valence-electron chi connectivity index (χ2n) is 9.53. The molecule has 2 heterocycles. The Hall–Kier alpha value is -2.90. The smallest absolute Gasteiger partial charge is 0.407 e. The van der Waals surface area contributed by atoms with Crippen molar-refractivity contribution >= 4 is 28.8 Å². The molecule has 1 atom stereocenters. The molecule has 3 rings (SSSR count). The fourth-order valence-corrected chi connectivity index (χ4v) is 3.80. The third-order valence-electron chi connectivity index (χ3n) is 5.18. The van der Waals surface area contributed by atoms with Gasteiger partial charge in [-0.2, -0.15) is 0 Å². The van der Waals surface area contributed by atoms with Crippen LogP contribution in [0.5, 0.6) is 0 Å². The molecule has 0 fully saturated rings. The highest BCUT2D eigenvalue weighted by atomic mass is 35.5. The van der Waals surface area contributed by atoms with Crippen LogP contribution in [0, 0.1) is 5.92 Å². The van der Waals surface area contributed by atoms with Crippen molar-refractivity contribution in [3.8, 4) is 0 Å². The maximum absolute atomic E-state index is 13.5. The Balaban J connectivity index is 1.91. The van der Waals surface area contributed by atoms with Gasteiger partial charge < -0.3 is 19.8 Å². The average molecular weight is 486 g/mol. The van der Waals surface area contributed by atoms with Crippen LogP contribution in [0.25, 0.3) is 11.1 Å². The van der Waals surface area contributed by atoms with Gasteiger partial charge in [-0.1, -0.05) is 55.8 Å². The lowest BCUT2D eigenvalue weighted by atomic mass is 9.94. The van der Waals surface area contributed by atoms with E-state index in [-0.39, 0.29) is 28.3 Å². The SMILES string of the molecule is CC(C)C(NCCNC(=O)OC(C)(C)C)c1oc2nc(Cl)ccc2c(=O)c1Cc1ccccc1. The number of rotatable bonds is 8. The molecule has 0 saturated heterocycles. The van der Waals surface area contributed by atoms with Crippen LogP contribution in [0.4, 0.5) is 4.79 Å². The number of halogens is 1. The average Bonchev–Trinajstić information content (AvgIpc) is 2.75. The van der Waals surface area contributed by atoms with Crippen molar-refractivity contribution < 1.29 is 13.9 Å². The van der Waals surface area contributed by atoms with Gasteiger partial charge in [0.1, 0.15) is 16.5 Å². The summed E-state index contributed by atoms with van der Waals surface area (Å²) < 4.78 is 11.5. The Morgan fingerprint density at radius 3 is 2.47 bits per heavy atom. The predicted molar refractivity (Wildman–Crippen MR) is 134 cm³/mol. The van der Waals surface area contributed by atoms with E-state index in [1.165, 1.54) is 0 Å². The number of fused-ring (bicyclic) bond motifs is 1. The summed E-state index contributed by atoms with van der Waals surface area (Å²) >= 11 is 6.07. The first-order chi connectivity index (χ1) is 16.0. The number of carbonyl (C=O) groups excluding carboxylic acids is 1. The molecule has 1 aromatic carbocycles. The lowest BCUT2D eigenvalue weighted by Gasteiger charge is -2.24. The van der Waals surface area contributed by atoms with Crippen molar-refractivity contribution in [1.29, 1.82) is 0 Å². The van der Waals surface area contributed by atoms with E-state index in [1.807, 2.05) is 65.0 Å². The highest BCUT2D eigenvalue weighted by Crippen LogP contribution is 2.28. The van der Waals surface area contributed by atoms with E-state index in [1.54, 1.807) is 12.1 Å². The number of nitrogens with one attached hydrogen (secondary N) is 2. The van der Waals surface area contributed by atoms with Crippen LogP contribution >= 0.6 is 11.6 Å². The molecular weight excluding hydrogens is 454 g/mol. The maximum Gasteiger partial charge on any atom is 0.407 e. The Bertz CT molecular complexity index is 1190. The van der Waals surface area contributed by atoms with E-state index >= 15 is 0 Å². The summed E-state index contributed by atoms with van der Waals surface area (Å²) in [6.45, 7) is 10.3. The summed E-state index contributed by atoms with van der Waals surface area (Å²) in [4.78, 5) is 29.7. The largest absolute Gasteiger partial charge is 0.444 e. The zero-order valence-electron chi connectivity index (χ0n) is 20.3. The Kier molecular flexibility index (Phi) is 8.33. The number of nitrogens with zero attached hydrogens (tertiary/aromatic N) is 1. The molecule has 0 aliphatic carbocycles. The van der Waals surface area contributed by atoms with Crippen molar-refractivity contribution in [2.45, 2.75) is 52.7 Å². The fourth-order valence-electron chi connectivity index (χ4n) is 3.66. The van der Waals surface area contributed by atoms with Crippen molar-refractivity contribution in [3.63, 3.8) is 0 Å². The Morgan fingerprint density at radius 2 is 1.82 bits per heavy atom. The summed E-state index contributed by atoms with van der Waals surface area (Å²) in [6.07, 6.45) is -0.0470. The van der Waals surface area contributed by atoms with Crippen LogP contribution in [-0.2, 0) is 11.2 Å². The van der Waals surface area contributed by atoms with Gasteiger partial charge in [0.05, 0.1) is 11.4 Å². The Morgan fingerprint density at radius 1 is 1.12 bits per heavy atom. The van der Waals surface area contributed by atoms with Gasteiger partial charge in [0.2, 0.25) is 5.71 Å². The number of hydrogen-bond acceptors (Lipinski definition) is 6. The molecule has 1 amide bonds. The number of pyridine rings is 1. The zero-order chi connectivity index (χ0) is 24.9. The molecule has 2 aromatic heterocycles. The second kappa shape index (κ2) is 11.0. The van der Waals surface area contributed by atoms with Crippen molar-refractivity contribution in [3.05, 3.63) is 74.7 Å². The van der Waals surface area contributed by atoms with Gasteiger partial charge in [0, 0.05) is 25.1 Å². The van der Waals surface area contributed by atoms with E-state index < -0.39 is 11.7 Å². The standard InChI is InChI=1S/C26H32ClN3O4/c1-16(2)21(28-13-14-29-25(32)34-26(3,4)5)23-19(15-17-9-7-6-8-10-17)22(31)18-11-12-20(27)30-24(18)33-23/h6-12,16,21,28H,13-15H2,1-5H3,(H,29,32). The van der Waals surface area contributed by atoms with Crippen molar-refractivity contribution in [1.82, 2.24) is 15.6 Å². The lowest BCUT2D eigenvalue weighted by Crippen LogP contribution is -2.38. The molecule has 182 valence electrons. The minimum absolute atomic E-state index is 0.0934. The third kappa shape index (κ3) is 6.81. The summed E-state index contributed by atoms with van der Waals surface area (Å²) in [5, 5.41) is 6.82. The molecular formula is C26H32ClN3O4. The minimum Gasteiger partial charge on any atom is -0.444 e. The highest BCUT2D eigenvalue weighted by molar-refractivity contribution is 6.29. The van der Waals surface area contributed by atoms with E-state index in [0.717, 1.165) is 5.56 Å². The van der Waals surface area contributed by atoms with Crippen LogP contribution in [0.2, 0.25) is 5.15 Å². The molecule has 34 heavy (non-hydrogen) atoms. The molecule has 0 aliphatic rings. The topological polar surface area (TPSA) is 93.5 Å². The number of aromatic nitrogens is 1. The minimum atomic E-state index is -0.562. The number of carbonyl (C=O) groups is 1. The maximum atomic E-state index is 13.5. The van der Waals surface area contributed by atoms with Crippen LogP contribution in [0.1, 0.15) is 57.5 Å². The number of alkyl carbamates (subject to hydrolysis) is 1. The lowest BCUT2D eigenvalue weighted by molar-refractivity contribution is 0.0527. The quantitative estimate of drug-likeness (QED) is 0.334. The summed E-state index contributed by atoms with van der Waals surface area (Å²) in [7, 11) is 0. The molecule has 0 aliphatic heterocycles. The van der Waals surface area contributed by atoms with E-state index in [2.05, 4.69) is 15.6 Å². The number of benzene rings is 1. The molecule has 1 unspecified atom stereocenters. The summed E-state index contributed by atoms with van der Waals surface area (Å²) in [5.74, 6) is 0.624. The molecule has 8 heteroatoms. The molecule has 0 saturated carbocycles. The molecule has 0 bridgehead atoms. The van der Waals surface area contributed by atoms with Crippen LogP contribution in [-0.4, -0.2) is 29.8 Å². The number of amides is 1. The molecule has 0 spiro atoms. The van der Waals surface area contributed by atoms with E-state index in [9.17, 15) is 9.59 Å². The summed E-state index contributed by atoms with van der Waals surface area (Å²) in [5.41, 5.74) is 1.11. The van der Waals surface area contributed by atoms with Gasteiger partial charge in [-0.05, 0) is 44.4 Å². The van der Waals surface area contributed by atoms with Gasteiger partial charge in [-0.3, -0.25) is 4.79 Å². The number of ether oxygens (including phenoxy) is 1. The van der Waals surface area contributed by atoms with Crippen LogP contribution in [0.15, 0.2) is 51.7 Å². The van der Waals surface area contributed by atoms with Crippen LogP contribution < -0.4 is 16.1 Å². The first-order valence-corrected chi connectivity index (χ1v) is 11.8. The van der Waals surface area contributed by atoms with Crippen molar-refractivity contribution in [2.75, 3.05) is 13.1 Å². The molecule has 7 nitrogen and oxygen atoms in total. The number of hydrogen-bond donors (Lipinski definition) is 2. The highest BCUT2D eigenvalue weighted by Gasteiger charge is 2.26. The van der Waals surface area contributed by atoms with Gasteiger partial charge >= 0.3 is 6.09 Å².